The molecule has 0 bridgehead atoms. The van der Waals surface area contributed by atoms with Gasteiger partial charge in [0.05, 0.1) is 17.3 Å². The molecule has 0 radical (unpaired) electrons. The van der Waals surface area contributed by atoms with E-state index < -0.39 is 0 Å². The Hall–Kier alpha value is -4.04. The van der Waals surface area contributed by atoms with E-state index in [4.69, 9.17) is 5.73 Å². The molecular formula is C24H19N5. The highest BCUT2D eigenvalue weighted by molar-refractivity contribution is 5.45. The van der Waals surface area contributed by atoms with Crippen LogP contribution in [-0.2, 0) is 0 Å². The third kappa shape index (κ3) is 3.97. The Bertz CT molecular complexity index is 1080. The summed E-state index contributed by atoms with van der Waals surface area (Å²) >= 11 is 0. The summed E-state index contributed by atoms with van der Waals surface area (Å²) in [4.78, 5) is 13.3. The van der Waals surface area contributed by atoms with E-state index in [0.717, 1.165) is 22.4 Å². The van der Waals surface area contributed by atoms with Crippen molar-refractivity contribution in [1.82, 2.24) is 15.0 Å². The van der Waals surface area contributed by atoms with Crippen LogP contribution in [0.25, 0.3) is 0 Å². The SMILES string of the molecule is N#Cc1ccc(C(c2cccc(N)n2)C(c2cccnc2)c2cccnc2)cc1. The second kappa shape index (κ2) is 8.32. The standard InChI is InChI=1S/C24H19N5/c25-14-17-8-10-18(11-9-17)24(21-6-1-7-22(26)29-21)23(19-4-2-12-27-15-19)20-5-3-13-28-16-20/h1-13,15-16,23-24H,(H2,26,29). The monoisotopic (exact) mass is 377 g/mol. The number of hydrogen-bond acceptors (Lipinski definition) is 5. The van der Waals surface area contributed by atoms with Crippen LogP contribution in [-0.4, -0.2) is 15.0 Å². The highest BCUT2D eigenvalue weighted by Gasteiger charge is 2.29. The van der Waals surface area contributed by atoms with E-state index in [2.05, 4.69) is 33.2 Å². The van der Waals surface area contributed by atoms with Gasteiger partial charge in [-0.1, -0.05) is 30.3 Å². The minimum atomic E-state index is -0.125. The number of rotatable bonds is 5. The van der Waals surface area contributed by atoms with Crippen LogP contribution >= 0.6 is 0 Å². The van der Waals surface area contributed by atoms with Crippen molar-refractivity contribution in [2.75, 3.05) is 5.73 Å². The lowest BCUT2D eigenvalue weighted by Gasteiger charge is -2.28. The average molecular weight is 377 g/mol. The number of pyridine rings is 3. The number of nitrogen functional groups attached to an aromatic ring is 1. The summed E-state index contributed by atoms with van der Waals surface area (Å²) in [6.45, 7) is 0. The molecule has 140 valence electrons. The predicted molar refractivity (Wildman–Crippen MR) is 112 cm³/mol. The van der Waals surface area contributed by atoms with E-state index in [0.29, 0.717) is 11.4 Å². The maximum atomic E-state index is 9.19. The van der Waals surface area contributed by atoms with Gasteiger partial charge in [-0.15, -0.1) is 0 Å². The van der Waals surface area contributed by atoms with Gasteiger partial charge in [-0.3, -0.25) is 9.97 Å². The molecule has 3 aromatic heterocycles. The van der Waals surface area contributed by atoms with E-state index in [9.17, 15) is 5.26 Å². The Labute approximate surface area is 169 Å². The molecule has 0 aliphatic heterocycles. The zero-order valence-corrected chi connectivity index (χ0v) is 15.7. The van der Waals surface area contributed by atoms with E-state index >= 15 is 0 Å². The first kappa shape index (κ1) is 18.3. The molecule has 0 spiro atoms. The van der Waals surface area contributed by atoms with Gasteiger partial charge in [-0.25, -0.2) is 4.98 Å². The number of nitrogens with two attached hydrogens (primary N) is 1. The second-order valence-electron chi connectivity index (χ2n) is 6.75. The van der Waals surface area contributed by atoms with Crippen molar-refractivity contribution in [1.29, 1.82) is 5.26 Å². The smallest absolute Gasteiger partial charge is 0.123 e. The lowest BCUT2D eigenvalue weighted by atomic mass is 9.76. The van der Waals surface area contributed by atoms with Gasteiger partial charge in [0.1, 0.15) is 5.82 Å². The van der Waals surface area contributed by atoms with Gasteiger partial charge in [0.2, 0.25) is 0 Å². The van der Waals surface area contributed by atoms with Gasteiger partial charge in [-0.2, -0.15) is 5.26 Å². The largest absolute Gasteiger partial charge is 0.384 e. The molecule has 0 fully saturated rings. The zero-order valence-electron chi connectivity index (χ0n) is 15.7. The normalized spacial score (nSPS) is 11.7. The fourth-order valence-corrected chi connectivity index (χ4v) is 3.64. The molecule has 0 saturated heterocycles. The molecule has 1 unspecified atom stereocenters. The van der Waals surface area contributed by atoms with Crippen molar-refractivity contribution in [3.8, 4) is 6.07 Å². The topological polar surface area (TPSA) is 88.5 Å². The van der Waals surface area contributed by atoms with Crippen LogP contribution in [0.5, 0.6) is 0 Å². The molecule has 4 aromatic rings. The molecule has 4 rings (SSSR count). The highest BCUT2D eigenvalue weighted by atomic mass is 14.8. The fourth-order valence-electron chi connectivity index (χ4n) is 3.64. The van der Waals surface area contributed by atoms with Crippen LogP contribution in [0.15, 0.2) is 91.5 Å². The third-order valence-corrected chi connectivity index (χ3v) is 4.93. The van der Waals surface area contributed by atoms with Crippen molar-refractivity contribution in [2.45, 2.75) is 11.8 Å². The van der Waals surface area contributed by atoms with Gasteiger partial charge in [0.25, 0.3) is 0 Å². The van der Waals surface area contributed by atoms with E-state index in [1.165, 1.54) is 0 Å². The molecule has 29 heavy (non-hydrogen) atoms. The first-order chi connectivity index (χ1) is 14.3. The van der Waals surface area contributed by atoms with Gasteiger partial charge in [-0.05, 0) is 53.1 Å². The minimum absolute atomic E-state index is 0.0698. The molecule has 5 heteroatoms. The molecule has 0 amide bonds. The molecule has 0 aliphatic carbocycles. The van der Waals surface area contributed by atoms with Crippen LogP contribution in [0.1, 0.15) is 39.8 Å². The highest BCUT2D eigenvalue weighted by Crippen LogP contribution is 2.42. The zero-order chi connectivity index (χ0) is 20.1. The molecular weight excluding hydrogens is 358 g/mol. The quantitative estimate of drug-likeness (QED) is 0.560. The van der Waals surface area contributed by atoms with E-state index in [1.54, 1.807) is 18.5 Å². The predicted octanol–water partition coefficient (Wildman–Crippen LogP) is 4.29. The average Bonchev–Trinajstić information content (AvgIpc) is 2.79. The molecule has 2 N–H and O–H groups in total. The summed E-state index contributed by atoms with van der Waals surface area (Å²) in [5.74, 6) is 0.275. The molecule has 3 heterocycles. The summed E-state index contributed by atoms with van der Waals surface area (Å²) < 4.78 is 0. The van der Waals surface area contributed by atoms with Crippen LogP contribution in [0.2, 0.25) is 0 Å². The third-order valence-electron chi connectivity index (χ3n) is 4.93. The number of benzene rings is 1. The Morgan fingerprint density at radius 1 is 0.724 bits per heavy atom. The lowest BCUT2D eigenvalue weighted by Crippen LogP contribution is -2.17. The number of anilines is 1. The van der Waals surface area contributed by atoms with Crippen molar-refractivity contribution in [3.63, 3.8) is 0 Å². The van der Waals surface area contributed by atoms with Crippen LogP contribution in [0.4, 0.5) is 5.82 Å². The number of nitrogens with zero attached hydrogens (tertiary/aromatic N) is 4. The molecule has 1 atom stereocenters. The van der Waals surface area contributed by atoms with Gasteiger partial charge >= 0.3 is 0 Å². The number of aromatic nitrogens is 3. The van der Waals surface area contributed by atoms with Gasteiger partial charge < -0.3 is 5.73 Å². The molecule has 5 nitrogen and oxygen atoms in total. The Morgan fingerprint density at radius 3 is 1.90 bits per heavy atom. The van der Waals surface area contributed by atoms with Crippen molar-refractivity contribution in [2.24, 2.45) is 0 Å². The van der Waals surface area contributed by atoms with Crippen molar-refractivity contribution < 1.29 is 0 Å². The number of nitriles is 1. The maximum absolute atomic E-state index is 9.19. The molecule has 0 aliphatic rings. The minimum Gasteiger partial charge on any atom is -0.384 e. The molecule has 1 aromatic carbocycles. The summed E-state index contributed by atoms with van der Waals surface area (Å²) in [6.07, 6.45) is 7.28. The molecule has 0 saturated carbocycles. The second-order valence-corrected chi connectivity index (χ2v) is 6.75. The van der Waals surface area contributed by atoms with E-state index in [1.807, 2.05) is 60.9 Å². The van der Waals surface area contributed by atoms with Crippen LogP contribution < -0.4 is 5.73 Å². The van der Waals surface area contributed by atoms with Gasteiger partial charge in [0.15, 0.2) is 0 Å². The lowest BCUT2D eigenvalue weighted by molar-refractivity contribution is 0.671. The Balaban J connectivity index is 1.94. The summed E-state index contributed by atoms with van der Waals surface area (Å²) in [7, 11) is 0. The fraction of sp³-hybridized carbons (Fsp3) is 0.0833. The van der Waals surface area contributed by atoms with Crippen LogP contribution in [0.3, 0.4) is 0 Å². The first-order valence-corrected chi connectivity index (χ1v) is 9.28. The van der Waals surface area contributed by atoms with Gasteiger partial charge in [0, 0.05) is 36.6 Å². The first-order valence-electron chi connectivity index (χ1n) is 9.28. The Kier molecular flexibility index (Phi) is 5.26. The van der Waals surface area contributed by atoms with Crippen molar-refractivity contribution in [3.05, 3.63) is 119 Å². The maximum Gasteiger partial charge on any atom is 0.123 e. The summed E-state index contributed by atoms with van der Waals surface area (Å²) in [6, 6.07) is 23.5. The van der Waals surface area contributed by atoms with Crippen LogP contribution in [0, 0.1) is 11.3 Å². The van der Waals surface area contributed by atoms with E-state index in [-0.39, 0.29) is 11.8 Å². The Morgan fingerprint density at radius 2 is 1.38 bits per heavy atom. The summed E-state index contributed by atoms with van der Waals surface area (Å²) in [5.41, 5.74) is 10.6. The summed E-state index contributed by atoms with van der Waals surface area (Å²) in [5, 5.41) is 9.19. The van der Waals surface area contributed by atoms with Crippen molar-refractivity contribution >= 4 is 5.82 Å². The number of hydrogen-bond donors (Lipinski definition) is 1.